The minimum atomic E-state index is -1.62. The van der Waals surface area contributed by atoms with Gasteiger partial charge in [0.1, 0.15) is 12.4 Å². The molecule has 1 saturated carbocycles. The molecule has 0 heterocycles. The van der Waals surface area contributed by atoms with Crippen LogP contribution in [-0.2, 0) is 6.61 Å². The van der Waals surface area contributed by atoms with E-state index in [1.54, 1.807) is 24.3 Å². The number of nitrogens with zero attached hydrogens (tertiary/aromatic N) is 4. The molecule has 0 radical (unpaired) electrons. The van der Waals surface area contributed by atoms with Gasteiger partial charge in [-0.3, -0.25) is 0 Å². The second kappa shape index (κ2) is 6.01. The first-order valence-corrected chi connectivity index (χ1v) is 7.59. The van der Waals surface area contributed by atoms with Gasteiger partial charge in [0.25, 0.3) is 0 Å². The van der Waals surface area contributed by atoms with Gasteiger partial charge in [-0.25, -0.2) is 0 Å². The van der Waals surface area contributed by atoms with Crippen LogP contribution in [0.3, 0.4) is 0 Å². The molecule has 0 saturated heterocycles. The molecule has 5 heteroatoms. The molecule has 0 spiro atoms. The van der Waals surface area contributed by atoms with E-state index in [1.165, 1.54) is 0 Å². The van der Waals surface area contributed by atoms with Gasteiger partial charge >= 0.3 is 0 Å². The monoisotopic (exact) mass is 324 g/mol. The van der Waals surface area contributed by atoms with Crippen LogP contribution in [0.25, 0.3) is 0 Å². The predicted molar refractivity (Wildman–Crippen MR) is 87.3 cm³/mol. The van der Waals surface area contributed by atoms with Crippen molar-refractivity contribution in [2.75, 3.05) is 0 Å². The summed E-state index contributed by atoms with van der Waals surface area (Å²) in [5.41, 5.74) is -1.60. The van der Waals surface area contributed by atoms with Gasteiger partial charge < -0.3 is 4.74 Å². The van der Waals surface area contributed by atoms with E-state index in [-0.39, 0.29) is 0 Å². The van der Waals surface area contributed by atoms with Crippen molar-refractivity contribution in [2.24, 2.45) is 10.8 Å². The summed E-state index contributed by atoms with van der Waals surface area (Å²) in [5.74, 6) is -0.111. The van der Waals surface area contributed by atoms with E-state index < -0.39 is 16.7 Å². The van der Waals surface area contributed by atoms with Gasteiger partial charge in [0.15, 0.2) is 10.8 Å². The Morgan fingerprint density at radius 3 is 1.76 bits per heavy atom. The fourth-order valence-electron chi connectivity index (χ4n) is 3.13. The van der Waals surface area contributed by atoms with E-state index in [4.69, 9.17) is 4.74 Å². The summed E-state index contributed by atoms with van der Waals surface area (Å²) in [7, 11) is 0. The average Bonchev–Trinajstić information content (AvgIpc) is 3.30. The van der Waals surface area contributed by atoms with E-state index in [1.807, 2.05) is 54.6 Å². The predicted octanol–water partition coefficient (Wildman–Crippen LogP) is 3.43. The SMILES string of the molecule is N#CC1(C#N)C(c2ccc(OCc3ccccc3)cc2)C1(C#N)C#N. The third-order valence-electron chi connectivity index (χ3n) is 4.57. The van der Waals surface area contributed by atoms with Crippen LogP contribution in [0.1, 0.15) is 17.0 Å². The van der Waals surface area contributed by atoms with E-state index in [0.717, 1.165) is 5.56 Å². The Morgan fingerprint density at radius 2 is 1.28 bits per heavy atom. The van der Waals surface area contributed by atoms with Crippen LogP contribution >= 0.6 is 0 Å². The molecule has 25 heavy (non-hydrogen) atoms. The highest BCUT2D eigenvalue weighted by Gasteiger charge is 2.81. The number of rotatable bonds is 4. The maximum absolute atomic E-state index is 9.35. The summed E-state index contributed by atoms with van der Waals surface area (Å²) in [6.45, 7) is 0.421. The molecule has 0 aliphatic heterocycles. The van der Waals surface area contributed by atoms with Crippen LogP contribution in [0.2, 0.25) is 0 Å². The highest BCUT2D eigenvalue weighted by atomic mass is 16.5. The van der Waals surface area contributed by atoms with E-state index in [0.29, 0.717) is 17.9 Å². The normalized spacial score (nSPS) is 16.5. The van der Waals surface area contributed by atoms with E-state index in [2.05, 4.69) is 0 Å². The number of nitriles is 4. The number of ether oxygens (including phenoxy) is 1. The van der Waals surface area contributed by atoms with Crippen LogP contribution in [-0.4, -0.2) is 0 Å². The Bertz CT molecular complexity index is 886. The third kappa shape index (κ3) is 2.28. The van der Waals surface area contributed by atoms with Crippen molar-refractivity contribution >= 4 is 0 Å². The van der Waals surface area contributed by atoms with Crippen molar-refractivity contribution in [3.05, 3.63) is 65.7 Å². The number of benzene rings is 2. The highest BCUT2D eigenvalue weighted by Crippen LogP contribution is 2.73. The molecule has 0 unspecified atom stereocenters. The molecular weight excluding hydrogens is 312 g/mol. The lowest BCUT2D eigenvalue weighted by atomic mass is 9.98. The van der Waals surface area contributed by atoms with Crippen molar-refractivity contribution < 1.29 is 4.74 Å². The second-order valence-electron chi connectivity index (χ2n) is 5.84. The zero-order valence-corrected chi connectivity index (χ0v) is 13.2. The standard InChI is InChI=1S/C20H12N4O/c21-11-19(12-22)18(20(19,13-23)14-24)16-6-8-17(9-7-16)25-10-15-4-2-1-3-5-15/h1-9,18H,10H2. The third-order valence-corrected chi connectivity index (χ3v) is 4.57. The molecule has 1 fully saturated rings. The van der Waals surface area contributed by atoms with Gasteiger partial charge in [0.2, 0.25) is 0 Å². The molecule has 0 atom stereocenters. The molecule has 0 amide bonds. The second-order valence-corrected chi connectivity index (χ2v) is 5.84. The first-order chi connectivity index (χ1) is 12.2. The van der Waals surface area contributed by atoms with Crippen molar-refractivity contribution in [2.45, 2.75) is 12.5 Å². The number of hydrogen-bond donors (Lipinski definition) is 0. The summed E-state index contributed by atoms with van der Waals surface area (Å²) in [6.07, 6.45) is 0. The van der Waals surface area contributed by atoms with Gasteiger partial charge in [-0.15, -0.1) is 0 Å². The van der Waals surface area contributed by atoms with Gasteiger partial charge in [-0.05, 0) is 23.3 Å². The van der Waals surface area contributed by atoms with Crippen molar-refractivity contribution in [1.82, 2.24) is 0 Å². The molecule has 1 aliphatic carbocycles. The maximum atomic E-state index is 9.35. The summed E-state index contributed by atoms with van der Waals surface area (Å²) >= 11 is 0. The lowest BCUT2D eigenvalue weighted by Gasteiger charge is -2.07. The molecular formula is C20H12N4O. The summed E-state index contributed by atoms with van der Waals surface area (Å²) in [5, 5.41) is 37.4. The van der Waals surface area contributed by atoms with Crippen LogP contribution in [0.15, 0.2) is 54.6 Å². The van der Waals surface area contributed by atoms with E-state index in [9.17, 15) is 21.0 Å². The maximum Gasteiger partial charge on any atom is 0.185 e. The molecule has 1 aliphatic rings. The van der Waals surface area contributed by atoms with Crippen molar-refractivity contribution in [1.29, 1.82) is 21.0 Å². The van der Waals surface area contributed by atoms with Gasteiger partial charge in [-0.2, -0.15) is 21.0 Å². The fraction of sp³-hybridized carbons (Fsp3) is 0.200. The molecule has 0 N–H and O–H groups in total. The van der Waals surface area contributed by atoms with Crippen LogP contribution in [0.5, 0.6) is 5.75 Å². The highest BCUT2D eigenvalue weighted by molar-refractivity contribution is 5.59. The summed E-state index contributed by atoms with van der Waals surface area (Å²) in [4.78, 5) is 0. The Balaban J connectivity index is 1.80. The molecule has 118 valence electrons. The van der Waals surface area contributed by atoms with Crippen LogP contribution in [0.4, 0.5) is 0 Å². The molecule has 0 aromatic heterocycles. The van der Waals surface area contributed by atoms with Gasteiger partial charge in [0.05, 0.1) is 30.2 Å². The van der Waals surface area contributed by atoms with Crippen molar-refractivity contribution in [3.8, 4) is 30.0 Å². The number of hydrogen-bond acceptors (Lipinski definition) is 5. The largest absolute Gasteiger partial charge is 0.489 e. The topological polar surface area (TPSA) is 104 Å². The molecule has 0 bridgehead atoms. The first-order valence-electron chi connectivity index (χ1n) is 7.59. The molecule has 3 rings (SSSR count). The summed E-state index contributed by atoms with van der Waals surface area (Å²) in [6, 6.07) is 24.0. The minimum absolute atomic E-state index is 0.421. The smallest absolute Gasteiger partial charge is 0.185 e. The van der Waals surface area contributed by atoms with Gasteiger partial charge in [0, 0.05) is 0 Å². The van der Waals surface area contributed by atoms with Crippen molar-refractivity contribution in [3.63, 3.8) is 0 Å². The molecule has 2 aromatic rings. The Labute approximate surface area is 145 Å². The Hall–Kier alpha value is -3.80. The Kier molecular flexibility index (Phi) is 3.86. The Morgan fingerprint density at radius 1 is 0.760 bits per heavy atom. The van der Waals surface area contributed by atoms with Gasteiger partial charge in [-0.1, -0.05) is 42.5 Å². The van der Waals surface area contributed by atoms with Crippen LogP contribution in [0, 0.1) is 56.2 Å². The van der Waals surface area contributed by atoms with Crippen LogP contribution < -0.4 is 4.74 Å². The quantitative estimate of drug-likeness (QED) is 0.856. The summed E-state index contributed by atoms with van der Waals surface area (Å²) < 4.78 is 5.70. The minimum Gasteiger partial charge on any atom is -0.489 e. The average molecular weight is 324 g/mol. The zero-order valence-electron chi connectivity index (χ0n) is 13.2. The first kappa shape index (κ1) is 16.1. The lowest BCUT2D eigenvalue weighted by molar-refractivity contribution is 0.306. The molecule has 2 aromatic carbocycles. The molecule has 5 nitrogen and oxygen atoms in total. The van der Waals surface area contributed by atoms with E-state index >= 15 is 0 Å². The lowest BCUT2D eigenvalue weighted by Crippen LogP contribution is -2.05. The fourth-order valence-corrected chi connectivity index (χ4v) is 3.13. The zero-order chi connectivity index (χ0) is 17.9.